The number of ether oxygens (including phenoxy) is 2. The highest BCUT2D eigenvalue weighted by atomic mass is 32.2. The van der Waals surface area contributed by atoms with Crippen LogP contribution in [-0.2, 0) is 26.2 Å². The molecule has 0 aliphatic rings. The zero-order valence-corrected chi connectivity index (χ0v) is 23.7. The van der Waals surface area contributed by atoms with Gasteiger partial charge in [-0.2, -0.15) is 0 Å². The van der Waals surface area contributed by atoms with E-state index >= 15 is 0 Å². The number of rotatable bonds is 12. The van der Waals surface area contributed by atoms with Crippen molar-refractivity contribution in [1.29, 1.82) is 0 Å². The lowest BCUT2D eigenvalue weighted by Crippen LogP contribution is -2.50. The van der Waals surface area contributed by atoms with Crippen LogP contribution in [0, 0.1) is 6.92 Å². The van der Waals surface area contributed by atoms with Crippen molar-refractivity contribution in [3.63, 3.8) is 0 Å². The average Bonchev–Trinajstić information content (AvgIpc) is 2.94. The van der Waals surface area contributed by atoms with Crippen LogP contribution in [0.15, 0.2) is 77.7 Å². The molecule has 3 aromatic rings. The van der Waals surface area contributed by atoms with Crippen molar-refractivity contribution in [2.24, 2.45) is 0 Å². The SMILES string of the molecule is CCOc1ccc(N(CC(=O)N(Cc2ccc(OC)cc2)C(C)C(=O)NC)S(=O)(=O)c2ccc(C)cc2)cc1. The summed E-state index contributed by atoms with van der Waals surface area (Å²) in [5.41, 5.74) is 1.96. The second-order valence-electron chi connectivity index (χ2n) is 8.91. The molecule has 1 N–H and O–H groups in total. The molecule has 0 aromatic heterocycles. The molecule has 0 aliphatic carbocycles. The molecule has 0 saturated heterocycles. The quantitative estimate of drug-likeness (QED) is 0.366. The Morgan fingerprint density at radius 3 is 2.05 bits per heavy atom. The summed E-state index contributed by atoms with van der Waals surface area (Å²) < 4.78 is 39.4. The average molecular weight is 554 g/mol. The van der Waals surface area contributed by atoms with E-state index in [1.807, 2.05) is 13.8 Å². The lowest BCUT2D eigenvalue weighted by Gasteiger charge is -2.31. The lowest BCUT2D eigenvalue weighted by molar-refractivity contribution is -0.139. The van der Waals surface area contributed by atoms with Gasteiger partial charge in [-0.3, -0.25) is 13.9 Å². The maximum absolute atomic E-state index is 13.8. The molecule has 0 radical (unpaired) electrons. The Kier molecular flexibility index (Phi) is 9.95. The van der Waals surface area contributed by atoms with E-state index in [9.17, 15) is 18.0 Å². The first-order valence-electron chi connectivity index (χ1n) is 12.6. The minimum Gasteiger partial charge on any atom is -0.497 e. The number of amides is 2. The van der Waals surface area contributed by atoms with Gasteiger partial charge in [-0.1, -0.05) is 29.8 Å². The molecule has 0 aliphatic heterocycles. The van der Waals surface area contributed by atoms with Gasteiger partial charge in [0.25, 0.3) is 10.0 Å². The van der Waals surface area contributed by atoms with Gasteiger partial charge in [-0.15, -0.1) is 0 Å². The van der Waals surface area contributed by atoms with Crippen LogP contribution < -0.4 is 19.1 Å². The number of hydrogen-bond donors (Lipinski definition) is 1. The zero-order chi connectivity index (χ0) is 28.6. The van der Waals surface area contributed by atoms with Crippen molar-refractivity contribution in [2.45, 2.75) is 38.3 Å². The van der Waals surface area contributed by atoms with Gasteiger partial charge in [-0.05, 0) is 74.9 Å². The number of benzene rings is 3. The van der Waals surface area contributed by atoms with Crippen molar-refractivity contribution in [1.82, 2.24) is 10.2 Å². The summed E-state index contributed by atoms with van der Waals surface area (Å²) >= 11 is 0. The van der Waals surface area contributed by atoms with Gasteiger partial charge in [0.15, 0.2) is 0 Å². The van der Waals surface area contributed by atoms with Gasteiger partial charge in [0.05, 0.1) is 24.3 Å². The van der Waals surface area contributed by atoms with Gasteiger partial charge in [0.1, 0.15) is 24.1 Å². The van der Waals surface area contributed by atoms with E-state index in [2.05, 4.69) is 5.32 Å². The van der Waals surface area contributed by atoms with E-state index in [0.29, 0.717) is 23.8 Å². The van der Waals surface area contributed by atoms with Crippen LogP contribution >= 0.6 is 0 Å². The van der Waals surface area contributed by atoms with E-state index in [4.69, 9.17) is 9.47 Å². The minimum atomic E-state index is -4.13. The smallest absolute Gasteiger partial charge is 0.264 e. The molecule has 3 aromatic carbocycles. The van der Waals surface area contributed by atoms with Gasteiger partial charge in [0.2, 0.25) is 11.8 Å². The Morgan fingerprint density at radius 1 is 0.923 bits per heavy atom. The maximum Gasteiger partial charge on any atom is 0.264 e. The number of likely N-dealkylation sites (N-methyl/N-ethyl adjacent to an activating group) is 1. The molecule has 0 bridgehead atoms. The highest BCUT2D eigenvalue weighted by Crippen LogP contribution is 2.27. The number of sulfonamides is 1. The summed E-state index contributed by atoms with van der Waals surface area (Å²) in [6, 6.07) is 19.2. The molecule has 1 unspecified atom stereocenters. The first-order chi connectivity index (χ1) is 18.6. The number of aryl methyl sites for hydroxylation is 1. The monoisotopic (exact) mass is 553 g/mol. The Bertz CT molecular complexity index is 1360. The fraction of sp³-hybridized carbons (Fsp3) is 0.310. The summed E-state index contributed by atoms with van der Waals surface area (Å²) in [5.74, 6) is 0.328. The topological polar surface area (TPSA) is 105 Å². The van der Waals surface area contributed by atoms with Crippen LogP contribution in [0.3, 0.4) is 0 Å². The fourth-order valence-corrected chi connectivity index (χ4v) is 5.37. The first-order valence-corrected chi connectivity index (χ1v) is 14.0. The van der Waals surface area contributed by atoms with Crippen LogP contribution in [0.5, 0.6) is 11.5 Å². The molecule has 9 nitrogen and oxygen atoms in total. The van der Waals surface area contributed by atoms with Gasteiger partial charge in [-0.25, -0.2) is 8.42 Å². The third-order valence-electron chi connectivity index (χ3n) is 6.25. The van der Waals surface area contributed by atoms with Crippen LogP contribution in [-0.4, -0.2) is 58.5 Å². The molecular formula is C29H35N3O6S. The molecule has 208 valence electrons. The Labute approximate surface area is 230 Å². The Balaban J connectivity index is 2.01. The van der Waals surface area contributed by atoms with Gasteiger partial charge in [0, 0.05) is 13.6 Å². The number of carbonyl (C=O) groups excluding carboxylic acids is 2. The summed E-state index contributed by atoms with van der Waals surface area (Å²) in [6.07, 6.45) is 0. The largest absolute Gasteiger partial charge is 0.497 e. The number of nitrogens with zero attached hydrogens (tertiary/aromatic N) is 2. The highest BCUT2D eigenvalue weighted by molar-refractivity contribution is 7.92. The maximum atomic E-state index is 13.8. The van der Waals surface area contributed by atoms with Crippen LogP contribution in [0.25, 0.3) is 0 Å². The second-order valence-corrected chi connectivity index (χ2v) is 10.8. The van der Waals surface area contributed by atoms with Crippen LogP contribution in [0.2, 0.25) is 0 Å². The molecule has 2 amide bonds. The lowest BCUT2D eigenvalue weighted by atomic mass is 10.1. The molecule has 0 saturated carbocycles. The number of hydrogen-bond acceptors (Lipinski definition) is 6. The molecule has 0 heterocycles. The van der Waals surface area contributed by atoms with Crippen molar-refractivity contribution in [2.75, 3.05) is 31.6 Å². The van der Waals surface area contributed by atoms with E-state index in [1.165, 1.54) is 24.1 Å². The van der Waals surface area contributed by atoms with E-state index < -0.39 is 28.5 Å². The van der Waals surface area contributed by atoms with Crippen molar-refractivity contribution in [3.05, 3.63) is 83.9 Å². The third-order valence-corrected chi connectivity index (χ3v) is 8.04. The second kappa shape index (κ2) is 13.1. The molecule has 0 spiro atoms. The fourth-order valence-electron chi connectivity index (χ4n) is 3.96. The number of anilines is 1. The minimum absolute atomic E-state index is 0.0517. The summed E-state index contributed by atoms with van der Waals surface area (Å²) in [5, 5.41) is 2.57. The number of methoxy groups -OCH3 is 1. The van der Waals surface area contributed by atoms with E-state index in [1.54, 1.807) is 74.7 Å². The van der Waals surface area contributed by atoms with Crippen LogP contribution in [0.4, 0.5) is 5.69 Å². The first kappa shape index (κ1) is 29.5. The molecule has 10 heteroatoms. The highest BCUT2D eigenvalue weighted by Gasteiger charge is 2.32. The van der Waals surface area contributed by atoms with Crippen molar-refractivity contribution in [3.8, 4) is 11.5 Å². The third kappa shape index (κ3) is 7.29. The van der Waals surface area contributed by atoms with Crippen molar-refractivity contribution < 1.29 is 27.5 Å². The van der Waals surface area contributed by atoms with Gasteiger partial charge >= 0.3 is 0 Å². The van der Waals surface area contributed by atoms with Crippen LogP contribution in [0.1, 0.15) is 25.0 Å². The van der Waals surface area contributed by atoms with Gasteiger partial charge < -0.3 is 19.7 Å². The Morgan fingerprint density at radius 2 is 1.51 bits per heavy atom. The molecular weight excluding hydrogens is 518 g/mol. The molecule has 1 atom stereocenters. The Hall–Kier alpha value is -4.05. The normalized spacial score (nSPS) is 11.8. The predicted octanol–water partition coefficient (Wildman–Crippen LogP) is 3.76. The molecule has 0 fully saturated rings. The standard InChI is InChI=1S/C29H35N3O6S/c1-6-38-26-15-11-24(12-16-26)32(39(35,36)27-17-7-21(2)8-18-27)20-28(33)31(22(3)29(34)30-4)19-23-9-13-25(37-5)14-10-23/h7-18,22H,6,19-20H2,1-5H3,(H,30,34). The number of nitrogens with one attached hydrogen (secondary N) is 1. The summed E-state index contributed by atoms with van der Waals surface area (Å²) in [7, 11) is -1.08. The van der Waals surface area contributed by atoms with E-state index in [-0.39, 0.29) is 17.3 Å². The van der Waals surface area contributed by atoms with E-state index in [0.717, 1.165) is 15.4 Å². The molecule has 3 rings (SSSR count). The number of carbonyl (C=O) groups is 2. The summed E-state index contributed by atoms with van der Waals surface area (Å²) in [4.78, 5) is 27.8. The van der Waals surface area contributed by atoms with Crippen molar-refractivity contribution >= 4 is 27.5 Å². The predicted molar refractivity (Wildman–Crippen MR) is 150 cm³/mol. The zero-order valence-electron chi connectivity index (χ0n) is 22.9. The molecule has 39 heavy (non-hydrogen) atoms. The summed E-state index contributed by atoms with van der Waals surface area (Å²) in [6.45, 7) is 5.37.